The van der Waals surface area contributed by atoms with Crippen molar-refractivity contribution >= 4 is 20.0 Å². The van der Waals surface area contributed by atoms with Crippen molar-refractivity contribution in [3.63, 3.8) is 0 Å². The van der Waals surface area contributed by atoms with Crippen molar-refractivity contribution < 1.29 is 19.1 Å². The molecule has 0 aromatic rings. The molecule has 5 heteroatoms. The highest BCUT2D eigenvalue weighted by molar-refractivity contribution is 6.84. The minimum atomic E-state index is -1.27. The maximum Gasteiger partial charge on any atom is 0.351 e. The van der Waals surface area contributed by atoms with Gasteiger partial charge in [0.15, 0.2) is 0 Å². The minimum absolute atomic E-state index is 0.259. The molecular weight excluding hydrogens is 332 g/mol. The number of ether oxygens (including phenoxy) is 2. The van der Waals surface area contributed by atoms with Gasteiger partial charge in [0.25, 0.3) is 0 Å². The van der Waals surface area contributed by atoms with Crippen molar-refractivity contribution in [1.29, 1.82) is 0 Å². The summed E-state index contributed by atoms with van der Waals surface area (Å²) in [6.45, 7) is 13.0. The zero-order chi connectivity index (χ0) is 18.9. The van der Waals surface area contributed by atoms with Crippen molar-refractivity contribution in [2.75, 3.05) is 6.61 Å². The Kier molecular flexibility index (Phi) is 5.58. The van der Waals surface area contributed by atoms with E-state index in [1.54, 1.807) is 0 Å². The first-order chi connectivity index (χ1) is 11.6. The molecule has 0 radical (unpaired) electrons. The van der Waals surface area contributed by atoms with Crippen LogP contribution < -0.4 is 0 Å². The van der Waals surface area contributed by atoms with Crippen molar-refractivity contribution in [3.8, 4) is 0 Å². The van der Waals surface area contributed by atoms with Gasteiger partial charge >= 0.3 is 11.9 Å². The highest BCUT2D eigenvalue weighted by Gasteiger charge is 2.76. The molecule has 2 bridgehead atoms. The van der Waals surface area contributed by atoms with Crippen LogP contribution in [0.15, 0.2) is 11.8 Å². The van der Waals surface area contributed by atoms with Gasteiger partial charge in [0, 0.05) is 5.41 Å². The van der Waals surface area contributed by atoms with Gasteiger partial charge in [0.1, 0.15) is 0 Å². The summed E-state index contributed by atoms with van der Waals surface area (Å²) in [4.78, 5) is 25.0. The van der Waals surface area contributed by atoms with E-state index < -0.39 is 24.5 Å². The molecule has 0 aromatic heterocycles. The normalized spacial score (nSPS) is 30.7. The van der Waals surface area contributed by atoms with E-state index in [-0.39, 0.29) is 11.9 Å². The molecular formula is C20H34O4Si. The van der Waals surface area contributed by atoms with Gasteiger partial charge in [-0.05, 0) is 26.2 Å². The standard InChI is InChI=1S/C20H34O4Si/c1-7-25(8-2,9-3)15-11-10-14-23-17(22)20-13-12-19(6,16(21)24-20)18(20,4)5/h11,15H,7-10,12-14H2,1-6H3/b15-11+/t19-,20+/m0/s1. The van der Waals surface area contributed by atoms with Gasteiger partial charge < -0.3 is 9.47 Å². The van der Waals surface area contributed by atoms with Crippen LogP contribution in [-0.2, 0) is 19.1 Å². The van der Waals surface area contributed by atoms with E-state index >= 15 is 0 Å². The maximum atomic E-state index is 12.7. The number of hydrogen-bond acceptors (Lipinski definition) is 4. The molecule has 2 fully saturated rings. The molecule has 0 amide bonds. The van der Waals surface area contributed by atoms with E-state index in [4.69, 9.17) is 9.47 Å². The Labute approximate surface area is 153 Å². The molecule has 1 aliphatic heterocycles. The van der Waals surface area contributed by atoms with Crippen LogP contribution in [0.25, 0.3) is 0 Å². The molecule has 4 nitrogen and oxygen atoms in total. The average Bonchev–Trinajstić information content (AvgIpc) is 2.89. The fraction of sp³-hybridized carbons (Fsp3) is 0.800. The lowest BCUT2D eigenvalue weighted by atomic mass is 9.66. The van der Waals surface area contributed by atoms with Gasteiger partial charge in [0.2, 0.25) is 5.60 Å². The summed E-state index contributed by atoms with van der Waals surface area (Å²) < 4.78 is 11.1. The second-order valence-electron chi connectivity index (χ2n) is 8.42. The highest BCUT2D eigenvalue weighted by Crippen LogP contribution is 2.65. The Bertz CT molecular complexity index is 556. The zero-order valence-electron chi connectivity index (χ0n) is 16.7. The molecule has 142 valence electrons. The summed E-state index contributed by atoms with van der Waals surface area (Å²) in [6.07, 6.45) is 4.15. The molecule has 0 unspecified atom stereocenters. The molecule has 0 aromatic carbocycles. The summed E-state index contributed by atoms with van der Waals surface area (Å²) >= 11 is 0. The molecule has 0 N–H and O–H groups in total. The fourth-order valence-electron chi connectivity index (χ4n) is 4.48. The average molecular weight is 367 g/mol. The van der Waals surface area contributed by atoms with Crippen molar-refractivity contribution in [1.82, 2.24) is 0 Å². The molecule has 1 saturated carbocycles. The molecule has 2 atom stereocenters. The first-order valence-corrected chi connectivity index (χ1v) is 12.4. The summed E-state index contributed by atoms with van der Waals surface area (Å²) in [6, 6.07) is 3.76. The second-order valence-corrected chi connectivity index (χ2v) is 13.6. The fourth-order valence-corrected chi connectivity index (χ4v) is 7.35. The number of carbonyl (C=O) groups is 2. The third kappa shape index (κ3) is 2.88. The van der Waals surface area contributed by atoms with Crippen LogP contribution in [0.4, 0.5) is 0 Å². The van der Waals surface area contributed by atoms with Gasteiger partial charge in [0.05, 0.1) is 20.1 Å². The second kappa shape index (κ2) is 6.90. The van der Waals surface area contributed by atoms with E-state index in [0.717, 1.165) is 6.42 Å². The van der Waals surface area contributed by atoms with Gasteiger partial charge in [-0.1, -0.05) is 64.5 Å². The van der Waals surface area contributed by atoms with Crippen LogP contribution in [0.5, 0.6) is 0 Å². The monoisotopic (exact) mass is 366 g/mol. The molecule has 1 heterocycles. The summed E-state index contributed by atoms with van der Waals surface area (Å²) in [7, 11) is -1.27. The molecule has 25 heavy (non-hydrogen) atoms. The first kappa shape index (κ1) is 20.2. The lowest BCUT2D eigenvalue weighted by molar-refractivity contribution is -0.183. The quantitative estimate of drug-likeness (QED) is 0.356. The van der Waals surface area contributed by atoms with Gasteiger partial charge in [-0.15, -0.1) is 0 Å². The number of carbonyl (C=O) groups excluding carboxylic acids is 2. The SMILES string of the molecule is CC[Si](/C=C/CCOC(=O)[C@@]12CC[C@@](C)(C(=O)O1)C2(C)C)(CC)CC. The summed E-state index contributed by atoms with van der Waals surface area (Å²) in [5.74, 6) is -0.629. The van der Waals surface area contributed by atoms with E-state index in [1.165, 1.54) is 18.1 Å². The van der Waals surface area contributed by atoms with E-state index in [9.17, 15) is 9.59 Å². The zero-order valence-corrected chi connectivity index (χ0v) is 17.7. The topological polar surface area (TPSA) is 52.6 Å². The number of esters is 2. The van der Waals surface area contributed by atoms with Crippen LogP contribution in [0, 0.1) is 10.8 Å². The Balaban J connectivity index is 1.95. The van der Waals surface area contributed by atoms with E-state index in [2.05, 4.69) is 32.5 Å². The highest BCUT2D eigenvalue weighted by atomic mass is 28.3. The van der Waals surface area contributed by atoms with E-state index in [0.29, 0.717) is 19.4 Å². The minimum Gasteiger partial charge on any atom is -0.462 e. The third-order valence-corrected chi connectivity index (χ3v) is 12.7. The van der Waals surface area contributed by atoms with Gasteiger partial charge in [-0.25, -0.2) is 4.79 Å². The van der Waals surface area contributed by atoms with Crippen LogP contribution in [0.1, 0.15) is 60.8 Å². The number of rotatable bonds is 8. The Hall–Kier alpha value is -1.10. The third-order valence-electron chi connectivity index (χ3n) is 7.51. The first-order valence-electron chi connectivity index (χ1n) is 9.73. The van der Waals surface area contributed by atoms with Gasteiger partial charge in [-0.3, -0.25) is 4.79 Å². The van der Waals surface area contributed by atoms with Crippen molar-refractivity contribution in [3.05, 3.63) is 11.8 Å². The Morgan fingerprint density at radius 3 is 2.20 bits per heavy atom. The Morgan fingerprint density at radius 2 is 1.76 bits per heavy atom. The van der Waals surface area contributed by atoms with Crippen LogP contribution in [0.2, 0.25) is 18.1 Å². The van der Waals surface area contributed by atoms with Crippen LogP contribution >= 0.6 is 0 Å². The lowest BCUT2D eigenvalue weighted by Gasteiger charge is -2.34. The molecule has 0 spiro atoms. The molecule has 1 saturated heterocycles. The van der Waals surface area contributed by atoms with E-state index in [1.807, 2.05) is 20.8 Å². The summed E-state index contributed by atoms with van der Waals surface area (Å²) in [5.41, 5.74) is 0.196. The number of fused-ring (bicyclic) bond motifs is 2. The maximum absolute atomic E-state index is 12.7. The summed E-state index contributed by atoms with van der Waals surface area (Å²) in [5, 5.41) is 0. The molecule has 1 aliphatic carbocycles. The number of hydrogen-bond donors (Lipinski definition) is 0. The predicted octanol–water partition coefficient (Wildman–Crippen LogP) is 4.65. The largest absolute Gasteiger partial charge is 0.462 e. The van der Waals surface area contributed by atoms with Gasteiger partial charge in [-0.2, -0.15) is 0 Å². The Morgan fingerprint density at radius 1 is 1.16 bits per heavy atom. The smallest absolute Gasteiger partial charge is 0.351 e. The predicted molar refractivity (Wildman–Crippen MR) is 102 cm³/mol. The van der Waals surface area contributed by atoms with Crippen LogP contribution in [0.3, 0.4) is 0 Å². The van der Waals surface area contributed by atoms with Crippen LogP contribution in [-0.4, -0.2) is 32.2 Å². The van der Waals surface area contributed by atoms with Crippen molar-refractivity contribution in [2.45, 2.75) is 84.5 Å². The lowest BCUT2D eigenvalue weighted by Crippen LogP contribution is -2.48. The van der Waals surface area contributed by atoms with Crippen molar-refractivity contribution in [2.24, 2.45) is 10.8 Å². The molecule has 2 rings (SSSR count). The molecule has 2 aliphatic rings.